The molecular weight excluding hydrogens is 232 g/mol. The summed E-state index contributed by atoms with van der Waals surface area (Å²) in [5, 5.41) is 5.47. The summed E-state index contributed by atoms with van der Waals surface area (Å²) in [7, 11) is 0. The lowest BCUT2D eigenvalue weighted by atomic mass is 10.2. The van der Waals surface area contributed by atoms with Crippen molar-refractivity contribution < 1.29 is 4.74 Å². The van der Waals surface area contributed by atoms with Crippen LogP contribution in [0, 0.1) is 0 Å². The van der Waals surface area contributed by atoms with Crippen molar-refractivity contribution >= 4 is 17.0 Å². The highest BCUT2D eigenvalue weighted by Gasteiger charge is 2.07. The molecule has 2 aromatic rings. The number of benzene rings is 1. The van der Waals surface area contributed by atoms with Gasteiger partial charge in [-0.25, -0.2) is 4.98 Å². The van der Waals surface area contributed by atoms with Gasteiger partial charge in [-0.3, -0.25) is 0 Å². The van der Waals surface area contributed by atoms with Crippen LogP contribution in [0.2, 0.25) is 0 Å². The molecule has 0 bridgehead atoms. The van der Waals surface area contributed by atoms with Crippen LogP contribution in [0.25, 0.3) is 0 Å². The summed E-state index contributed by atoms with van der Waals surface area (Å²) in [6.07, 6.45) is 0. The van der Waals surface area contributed by atoms with Gasteiger partial charge in [0.2, 0.25) is 0 Å². The van der Waals surface area contributed by atoms with Crippen molar-refractivity contribution in [3.63, 3.8) is 0 Å². The molecule has 1 atom stereocenters. The predicted molar refractivity (Wildman–Crippen MR) is 71.8 cm³/mol. The van der Waals surface area contributed by atoms with Crippen LogP contribution in [0.15, 0.2) is 35.2 Å². The molecule has 0 aliphatic rings. The maximum Gasteiger partial charge on any atom is 0.121 e. The van der Waals surface area contributed by atoms with E-state index in [4.69, 9.17) is 4.74 Å². The van der Waals surface area contributed by atoms with Crippen LogP contribution in [0.4, 0.5) is 5.69 Å². The summed E-state index contributed by atoms with van der Waals surface area (Å²) in [6, 6.07) is 8.19. The number of rotatable bonds is 5. The molecular formula is C13H16N2OS. The first-order valence-corrected chi connectivity index (χ1v) is 6.61. The first kappa shape index (κ1) is 11.9. The van der Waals surface area contributed by atoms with E-state index in [2.05, 4.69) is 22.6 Å². The third-order valence-electron chi connectivity index (χ3n) is 2.42. The van der Waals surface area contributed by atoms with E-state index in [1.54, 1.807) is 11.3 Å². The lowest BCUT2D eigenvalue weighted by Gasteiger charge is -2.14. The third-order valence-corrected chi connectivity index (χ3v) is 3.03. The van der Waals surface area contributed by atoms with Gasteiger partial charge in [0.25, 0.3) is 0 Å². The SMILES string of the molecule is CCOc1cccc(NC(C)c2cscn2)c1. The van der Waals surface area contributed by atoms with Crippen molar-refractivity contribution in [3.8, 4) is 5.75 Å². The number of hydrogen-bond donors (Lipinski definition) is 1. The van der Waals surface area contributed by atoms with Crippen molar-refractivity contribution in [1.29, 1.82) is 0 Å². The van der Waals surface area contributed by atoms with E-state index < -0.39 is 0 Å². The van der Waals surface area contributed by atoms with Crippen LogP contribution in [0.5, 0.6) is 5.75 Å². The van der Waals surface area contributed by atoms with Crippen LogP contribution in [-0.2, 0) is 0 Å². The molecule has 0 aliphatic carbocycles. The molecule has 2 rings (SSSR count). The van der Waals surface area contributed by atoms with Crippen LogP contribution in [-0.4, -0.2) is 11.6 Å². The summed E-state index contributed by atoms with van der Waals surface area (Å²) in [5.74, 6) is 0.892. The molecule has 0 saturated carbocycles. The van der Waals surface area contributed by atoms with Crippen LogP contribution >= 0.6 is 11.3 Å². The highest BCUT2D eigenvalue weighted by atomic mass is 32.1. The van der Waals surface area contributed by atoms with Crippen molar-refractivity contribution in [2.24, 2.45) is 0 Å². The molecule has 17 heavy (non-hydrogen) atoms. The molecule has 0 spiro atoms. The maximum atomic E-state index is 5.47. The summed E-state index contributed by atoms with van der Waals surface area (Å²) in [6.45, 7) is 4.77. The number of thiazole rings is 1. The molecule has 90 valence electrons. The number of nitrogens with one attached hydrogen (secondary N) is 1. The van der Waals surface area contributed by atoms with Crippen molar-refractivity contribution in [3.05, 3.63) is 40.8 Å². The van der Waals surface area contributed by atoms with E-state index in [0.29, 0.717) is 6.61 Å². The fraction of sp³-hybridized carbons (Fsp3) is 0.308. The van der Waals surface area contributed by atoms with Crippen molar-refractivity contribution in [1.82, 2.24) is 4.98 Å². The van der Waals surface area contributed by atoms with Crippen LogP contribution in [0.3, 0.4) is 0 Å². The van der Waals surface area contributed by atoms with Crippen LogP contribution in [0.1, 0.15) is 25.6 Å². The summed E-state index contributed by atoms with van der Waals surface area (Å²) >= 11 is 1.61. The molecule has 1 aromatic heterocycles. The Morgan fingerprint density at radius 1 is 1.47 bits per heavy atom. The Hall–Kier alpha value is -1.55. The number of aromatic nitrogens is 1. The van der Waals surface area contributed by atoms with E-state index in [0.717, 1.165) is 17.1 Å². The van der Waals surface area contributed by atoms with E-state index in [1.165, 1.54) is 0 Å². The highest BCUT2D eigenvalue weighted by molar-refractivity contribution is 7.07. The lowest BCUT2D eigenvalue weighted by Crippen LogP contribution is -2.06. The largest absolute Gasteiger partial charge is 0.494 e. The van der Waals surface area contributed by atoms with Gasteiger partial charge in [-0.15, -0.1) is 11.3 Å². The molecule has 0 saturated heterocycles. The maximum absolute atomic E-state index is 5.47. The molecule has 0 amide bonds. The van der Waals surface area contributed by atoms with Gasteiger partial charge in [0.05, 0.1) is 23.9 Å². The normalized spacial score (nSPS) is 12.1. The first-order valence-electron chi connectivity index (χ1n) is 5.67. The molecule has 0 radical (unpaired) electrons. The zero-order chi connectivity index (χ0) is 12.1. The Balaban J connectivity index is 2.05. The summed E-state index contributed by atoms with van der Waals surface area (Å²) < 4.78 is 5.47. The Labute approximate surface area is 105 Å². The lowest BCUT2D eigenvalue weighted by molar-refractivity contribution is 0.340. The monoisotopic (exact) mass is 248 g/mol. The Kier molecular flexibility index (Phi) is 3.98. The molecule has 0 aliphatic heterocycles. The second-order valence-corrected chi connectivity index (χ2v) is 4.46. The Bertz CT molecular complexity index is 456. The predicted octanol–water partition coefficient (Wildman–Crippen LogP) is 3.71. The average molecular weight is 248 g/mol. The van der Waals surface area contributed by atoms with Crippen molar-refractivity contribution in [2.45, 2.75) is 19.9 Å². The molecule has 3 nitrogen and oxygen atoms in total. The second kappa shape index (κ2) is 5.68. The smallest absolute Gasteiger partial charge is 0.121 e. The molecule has 1 unspecified atom stereocenters. The molecule has 1 N–H and O–H groups in total. The molecule has 4 heteroatoms. The zero-order valence-corrected chi connectivity index (χ0v) is 10.8. The van der Waals surface area contributed by atoms with Crippen molar-refractivity contribution in [2.75, 3.05) is 11.9 Å². The van der Waals surface area contributed by atoms with E-state index in [9.17, 15) is 0 Å². The first-order chi connectivity index (χ1) is 8.29. The summed E-state index contributed by atoms with van der Waals surface area (Å²) in [4.78, 5) is 4.30. The van der Waals surface area contributed by atoms with Gasteiger partial charge in [-0.1, -0.05) is 6.07 Å². The quantitative estimate of drug-likeness (QED) is 0.875. The second-order valence-electron chi connectivity index (χ2n) is 3.74. The van der Waals surface area contributed by atoms with Gasteiger partial charge in [0, 0.05) is 17.1 Å². The number of hydrogen-bond acceptors (Lipinski definition) is 4. The Morgan fingerprint density at radius 3 is 3.06 bits per heavy atom. The topological polar surface area (TPSA) is 34.1 Å². The minimum Gasteiger partial charge on any atom is -0.494 e. The van der Waals surface area contributed by atoms with Gasteiger partial charge >= 0.3 is 0 Å². The average Bonchev–Trinajstić information content (AvgIpc) is 2.83. The van der Waals surface area contributed by atoms with Gasteiger partial charge in [0.15, 0.2) is 0 Å². The molecule has 1 aromatic carbocycles. The zero-order valence-electron chi connectivity index (χ0n) is 10.0. The standard InChI is InChI=1S/C13H16N2OS/c1-3-16-12-6-4-5-11(7-12)15-10(2)13-8-17-9-14-13/h4-10,15H,3H2,1-2H3. The summed E-state index contributed by atoms with van der Waals surface area (Å²) in [5.41, 5.74) is 3.97. The fourth-order valence-electron chi connectivity index (χ4n) is 1.60. The van der Waals surface area contributed by atoms with Gasteiger partial charge in [0.1, 0.15) is 5.75 Å². The minimum absolute atomic E-state index is 0.207. The number of anilines is 1. The van der Waals surface area contributed by atoms with E-state index in [-0.39, 0.29) is 6.04 Å². The Morgan fingerprint density at radius 2 is 2.35 bits per heavy atom. The van der Waals surface area contributed by atoms with E-state index in [1.807, 2.05) is 36.7 Å². The molecule has 1 heterocycles. The van der Waals surface area contributed by atoms with Gasteiger partial charge in [-0.05, 0) is 26.0 Å². The third kappa shape index (κ3) is 3.20. The minimum atomic E-state index is 0.207. The number of nitrogens with zero attached hydrogens (tertiary/aromatic N) is 1. The van der Waals surface area contributed by atoms with Gasteiger partial charge in [-0.2, -0.15) is 0 Å². The number of ether oxygens (including phenoxy) is 1. The molecule has 0 fully saturated rings. The van der Waals surface area contributed by atoms with E-state index >= 15 is 0 Å². The van der Waals surface area contributed by atoms with Crippen LogP contribution < -0.4 is 10.1 Å². The van der Waals surface area contributed by atoms with Gasteiger partial charge < -0.3 is 10.1 Å². The highest BCUT2D eigenvalue weighted by Crippen LogP contribution is 2.22. The fourth-order valence-corrected chi connectivity index (χ4v) is 2.25.